The summed E-state index contributed by atoms with van der Waals surface area (Å²) in [6.07, 6.45) is 0. The molecule has 0 bridgehead atoms. The van der Waals surface area contributed by atoms with Gasteiger partial charge >= 0.3 is 64.9 Å². The average molecular weight is 690 g/mol. The van der Waals surface area contributed by atoms with Gasteiger partial charge in [0.1, 0.15) is 6.61 Å². The van der Waals surface area contributed by atoms with E-state index in [2.05, 4.69) is 0 Å². The Hall–Kier alpha value is -4.18. The molecule has 198 valence electrons. The van der Waals surface area contributed by atoms with Crippen molar-refractivity contribution in [2.24, 2.45) is 0 Å². The van der Waals surface area contributed by atoms with E-state index >= 15 is 0 Å². The molecule has 0 aliphatic heterocycles. The molecule has 0 aliphatic rings. The van der Waals surface area contributed by atoms with Crippen LogP contribution in [0.2, 0.25) is 0 Å². The topological polar surface area (TPSA) is 521 Å². The standard InChI is InChI=1S/C2H4O3.7NO3.Y.Zr/c3-1-2(4)5;7*2-1(3)4;;/h3H,1H2,(H,4,5);;;;;;;;;/q;7*-1;+3;+4. The molecule has 0 unspecified atom stereocenters. The van der Waals surface area contributed by atoms with Crippen LogP contribution in [0.1, 0.15) is 0 Å². The Kier molecular flexibility index (Phi) is 103. The van der Waals surface area contributed by atoms with Gasteiger partial charge in [0, 0.05) is 0 Å². The van der Waals surface area contributed by atoms with Crippen LogP contribution in [0.4, 0.5) is 0 Å². The second-order valence-corrected chi connectivity index (χ2v) is 2.12. The van der Waals surface area contributed by atoms with Crippen molar-refractivity contribution in [3.05, 3.63) is 107 Å². The van der Waals surface area contributed by atoms with E-state index in [4.69, 9.17) is 122 Å². The van der Waals surface area contributed by atoms with Gasteiger partial charge in [-0.3, -0.25) is 0 Å². The second kappa shape index (κ2) is 57.1. The molecular weight excluding hydrogens is 686 g/mol. The van der Waals surface area contributed by atoms with Crippen molar-refractivity contribution >= 4 is 5.97 Å². The van der Waals surface area contributed by atoms with E-state index < -0.39 is 48.2 Å². The number of hydrogen-bond acceptors (Lipinski definition) is 23. The first-order valence-electron chi connectivity index (χ1n) is 4.93. The maximum atomic E-state index is 9.12. The fraction of sp³-hybridized carbons (Fsp3) is 0.500. The van der Waals surface area contributed by atoms with Gasteiger partial charge in [0.15, 0.2) is 0 Å². The van der Waals surface area contributed by atoms with Gasteiger partial charge in [0.25, 0.3) is 0 Å². The molecule has 0 atom stereocenters. The van der Waals surface area contributed by atoms with E-state index in [0.717, 1.165) is 0 Å². The molecule has 0 spiro atoms. The van der Waals surface area contributed by atoms with Crippen molar-refractivity contribution < 1.29 is 110 Å². The van der Waals surface area contributed by atoms with Crippen LogP contribution >= 0.6 is 0 Å². The maximum Gasteiger partial charge on any atom is 4.00 e. The molecule has 0 heterocycles. The first-order chi connectivity index (χ1) is 14.4. The van der Waals surface area contributed by atoms with Gasteiger partial charge in [-0.15, -0.1) is 0 Å². The zero-order chi connectivity index (χ0) is 29.3. The molecule has 0 aromatic carbocycles. The molecule has 0 aromatic heterocycles. The van der Waals surface area contributed by atoms with Crippen molar-refractivity contribution in [3.8, 4) is 0 Å². The largest absolute Gasteiger partial charge is 4.00 e. The van der Waals surface area contributed by atoms with Crippen molar-refractivity contribution in [1.82, 2.24) is 0 Å². The summed E-state index contributed by atoms with van der Waals surface area (Å²) in [5.74, 6) is -1.19. The third-order valence-corrected chi connectivity index (χ3v) is 0.135. The molecule has 0 aliphatic carbocycles. The molecule has 0 radical (unpaired) electrons. The SMILES string of the molecule is O=C(O)CO.O=[N+]([O-])[O-].O=[N+]([O-])[O-].O=[N+]([O-])[O-].O=[N+]([O-])[O-].O=[N+]([O-])[O-].O=[N+]([O-])[O-].O=[N+]([O-])[O-].[Y+3].[Zr+4]. The van der Waals surface area contributed by atoms with Crippen LogP contribution in [0.5, 0.6) is 0 Å². The zero-order valence-electron chi connectivity index (χ0n) is 15.3. The van der Waals surface area contributed by atoms with Crippen LogP contribution < -0.4 is 0 Å². The summed E-state index contributed by atoms with van der Waals surface area (Å²) < 4.78 is 0. The van der Waals surface area contributed by atoms with Gasteiger partial charge in [-0.25, -0.2) is 4.79 Å². The monoisotopic (exact) mass is 689 g/mol. The Labute approximate surface area is 228 Å². The van der Waals surface area contributed by atoms with E-state index in [1.165, 1.54) is 0 Å². The first-order valence-corrected chi connectivity index (χ1v) is 4.93. The van der Waals surface area contributed by atoms with Crippen LogP contribution in [-0.2, 0) is 63.7 Å². The van der Waals surface area contributed by atoms with Crippen molar-refractivity contribution in [3.63, 3.8) is 0 Å². The molecule has 35 heavy (non-hydrogen) atoms. The molecule has 0 amide bonds. The molecule has 0 fully saturated rings. The number of aliphatic hydroxyl groups is 1. The molecule has 0 rings (SSSR count). The van der Waals surface area contributed by atoms with E-state index in [0.29, 0.717) is 0 Å². The molecular formula is C2H4N7O24YZr. The Morgan fingerprint density at radius 1 is 0.457 bits per heavy atom. The van der Waals surface area contributed by atoms with Gasteiger partial charge in [-0.2, -0.15) is 0 Å². The van der Waals surface area contributed by atoms with Crippen LogP contribution in [0.3, 0.4) is 0 Å². The van der Waals surface area contributed by atoms with Gasteiger partial charge in [0.2, 0.25) is 0 Å². The number of aliphatic carboxylic acids is 1. The third-order valence-electron chi connectivity index (χ3n) is 0.135. The van der Waals surface area contributed by atoms with Gasteiger partial charge in [0.05, 0.1) is 35.6 Å². The predicted octanol–water partition coefficient (Wildman–Crippen LogP) is -2.62. The smallest absolute Gasteiger partial charge is 0.480 e. The number of carboxylic acid groups (broad SMARTS) is 1. The molecule has 0 aromatic rings. The Morgan fingerprint density at radius 3 is 0.486 bits per heavy atom. The zero-order valence-corrected chi connectivity index (χ0v) is 20.6. The van der Waals surface area contributed by atoms with Gasteiger partial charge < -0.3 is 117 Å². The van der Waals surface area contributed by atoms with Crippen molar-refractivity contribution in [2.45, 2.75) is 0 Å². The Morgan fingerprint density at radius 2 is 0.486 bits per heavy atom. The summed E-state index contributed by atoms with van der Waals surface area (Å²) in [7, 11) is 0. The Bertz CT molecular complexity index is 420. The molecule has 33 heteroatoms. The van der Waals surface area contributed by atoms with Crippen molar-refractivity contribution in [2.75, 3.05) is 6.61 Å². The Balaban J connectivity index is -0.0000000253. The summed E-state index contributed by atoms with van der Waals surface area (Å²) in [5, 5.41) is 118. The quantitative estimate of drug-likeness (QED) is 0.210. The molecule has 0 saturated carbocycles. The summed E-state index contributed by atoms with van der Waals surface area (Å²) in [6.45, 7) is -0.778. The van der Waals surface area contributed by atoms with Crippen molar-refractivity contribution in [1.29, 1.82) is 0 Å². The fourth-order valence-electron chi connectivity index (χ4n) is 0. The minimum Gasteiger partial charge on any atom is -0.480 e. The predicted molar refractivity (Wildman–Crippen MR) is 87.3 cm³/mol. The molecule has 2 N–H and O–H groups in total. The molecule has 0 saturated heterocycles. The molecule has 31 nitrogen and oxygen atoms in total. The number of nitrogens with zero attached hydrogens (tertiary/aromatic N) is 7. The first kappa shape index (κ1) is 63.2. The van der Waals surface area contributed by atoms with Crippen LogP contribution in [0.15, 0.2) is 0 Å². The summed E-state index contributed by atoms with van der Waals surface area (Å²) in [5.41, 5.74) is 0. The number of aliphatic hydroxyl groups excluding tert-OH is 1. The van der Waals surface area contributed by atoms with E-state index in [-0.39, 0.29) is 58.9 Å². The van der Waals surface area contributed by atoms with E-state index in [9.17, 15) is 0 Å². The van der Waals surface area contributed by atoms with E-state index in [1.54, 1.807) is 0 Å². The normalized spacial score (nSPS) is 5.86. The second-order valence-electron chi connectivity index (χ2n) is 2.12. The average Bonchev–Trinajstić information content (AvgIpc) is 2.42. The number of rotatable bonds is 1. The summed E-state index contributed by atoms with van der Waals surface area (Å²) in [6, 6.07) is 0. The summed E-state index contributed by atoms with van der Waals surface area (Å²) in [4.78, 5) is 66.9. The van der Waals surface area contributed by atoms with Gasteiger partial charge in [-0.1, -0.05) is 0 Å². The number of carbonyl (C=O) groups is 1. The number of hydrogen-bond donors (Lipinski definition) is 2. The minimum atomic E-state index is -1.75. The van der Waals surface area contributed by atoms with Gasteiger partial charge in [-0.05, 0) is 0 Å². The van der Waals surface area contributed by atoms with Crippen LogP contribution in [-0.4, -0.2) is 58.4 Å². The van der Waals surface area contributed by atoms with Crippen LogP contribution in [0.25, 0.3) is 0 Å². The minimum absolute atomic E-state index is 0. The van der Waals surface area contributed by atoms with Crippen LogP contribution in [0, 0.1) is 107 Å². The fourth-order valence-corrected chi connectivity index (χ4v) is 0. The van der Waals surface area contributed by atoms with E-state index in [1.807, 2.05) is 0 Å². The maximum absolute atomic E-state index is 9.12. The number of carboxylic acids is 1. The third kappa shape index (κ3) is 4840. The summed E-state index contributed by atoms with van der Waals surface area (Å²) >= 11 is 0.